The SMILES string of the molecule is COc1ccccc1OCCCCn1c(C(C)NC(=O)c2ccccc2OC)nc2ccccc21. The lowest BCUT2D eigenvalue weighted by Gasteiger charge is -2.17. The number of nitrogens with zero attached hydrogens (tertiary/aromatic N) is 2. The molecule has 1 aromatic heterocycles. The largest absolute Gasteiger partial charge is 0.496 e. The lowest BCUT2D eigenvalue weighted by atomic mass is 10.1. The van der Waals surface area contributed by atoms with Crippen molar-refractivity contribution in [2.45, 2.75) is 32.4 Å². The van der Waals surface area contributed by atoms with E-state index in [0.29, 0.717) is 17.9 Å². The van der Waals surface area contributed by atoms with E-state index in [1.165, 1.54) is 0 Å². The number of imidazole rings is 1. The van der Waals surface area contributed by atoms with Gasteiger partial charge in [0.2, 0.25) is 0 Å². The van der Waals surface area contributed by atoms with Gasteiger partial charge in [0.1, 0.15) is 11.6 Å². The van der Waals surface area contributed by atoms with Crippen molar-refractivity contribution in [3.05, 3.63) is 84.2 Å². The monoisotopic (exact) mass is 473 g/mol. The summed E-state index contributed by atoms with van der Waals surface area (Å²) in [4.78, 5) is 17.8. The summed E-state index contributed by atoms with van der Waals surface area (Å²) in [6.07, 6.45) is 1.77. The molecule has 0 radical (unpaired) electrons. The Hall–Kier alpha value is -4.00. The third-order valence-electron chi connectivity index (χ3n) is 5.87. The molecule has 4 aromatic rings. The normalized spacial score (nSPS) is 11.7. The number of fused-ring (bicyclic) bond motifs is 1. The number of nitrogens with one attached hydrogen (secondary N) is 1. The number of benzene rings is 3. The minimum Gasteiger partial charge on any atom is -0.496 e. The number of carbonyl (C=O) groups is 1. The molecule has 3 aromatic carbocycles. The zero-order valence-electron chi connectivity index (χ0n) is 20.4. The molecule has 1 unspecified atom stereocenters. The van der Waals surface area contributed by atoms with Gasteiger partial charge in [-0.25, -0.2) is 4.98 Å². The second-order valence-corrected chi connectivity index (χ2v) is 8.21. The predicted molar refractivity (Wildman–Crippen MR) is 136 cm³/mol. The zero-order chi connectivity index (χ0) is 24.6. The van der Waals surface area contributed by atoms with Crippen LogP contribution in [0.2, 0.25) is 0 Å². The van der Waals surface area contributed by atoms with Gasteiger partial charge in [-0.3, -0.25) is 4.79 Å². The van der Waals surface area contributed by atoms with Crippen molar-refractivity contribution in [1.29, 1.82) is 0 Å². The van der Waals surface area contributed by atoms with Gasteiger partial charge in [0.05, 0.1) is 43.5 Å². The molecule has 1 amide bonds. The molecule has 4 rings (SSSR count). The Morgan fingerprint density at radius 1 is 0.886 bits per heavy atom. The smallest absolute Gasteiger partial charge is 0.255 e. The summed E-state index contributed by atoms with van der Waals surface area (Å²) >= 11 is 0. The summed E-state index contributed by atoms with van der Waals surface area (Å²) in [5.41, 5.74) is 2.45. The Kier molecular flexibility index (Phi) is 7.88. The van der Waals surface area contributed by atoms with E-state index in [-0.39, 0.29) is 11.9 Å². The van der Waals surface area contributed by atoms with Crippen LogP contribution in [0.15, 0.2) is 72.8 Å². The molecule has 182 valence electrons. The van der Waals surface area contributed by atoms with Crippen molar-refractivity contribution in [3.63, 3.8) is 0 Å². The van der Waals surface area contributed by atoms with Crippen molar-refractivity contribution in [3.8, 4) is 17.2 Å². The standard InChI is InChI=1S/C28H31N3O4/c1-20(29-28(32)21-12-4-7-15-24(21)33-2)27-30-22-13-5-6-14-23(22)31(27)18-10-11-19-35-26-17-9-8-16-25(26)34-3/h4-9,12-17,20H,10-11,18-19H2,1-3H3,(H,29,32). The number of aromatic nitrogens is 2. The van der Waals surface area contributed by atoms with Gasteiger partial charge in [-0.15, -0.1) is 0 Å². The lowest BCUT2D eigenvalue weighted by Crippen LogP contribution is -2.29. The maximum atomic E-state index is 13.0. The molecule has 1 atom stereocenters. The zero-order valence-corrected chi connectivity index (χ0v) is 20.4. The highest BCUT2D eigenvalue weighted by molar-refractivity contribution is 5.97. The fourth-order valence-corrected chi connectivity index (χ4v) is 4.12. The van der Waals surface area contributed by atoms with Gasteiger partial charge in [-0.05, 0) is 56.2 Å². The van der Waals surface area contributed by atoms with Crippen molar-refractivity contribution < 1.29 is 19.0 Å². The highest BCUT2D eigenvalue weighted by Crippen LogP contribution is 2.26. The fourth-order valence-electron chi connectivity index (χ4n) is 4.12. The van der Waals surface area contributed by atoms with E-state index in [1.54, 1.807) is 26.4 Å². The Balaban J connectivity index is 1.44. The summed E-state index contributed by atoms with van der Waals surface area (Å²) in [6.45, 7) is 3.30. The number of rotatable bonds is 11. The van der Waals surface area contributed by atoms with Crippen LogP contribution in [-0.2, 0) is 6.54 Å². The number of hydrogen-bond donors (Lipinski definition) is 1. The van der Waals surface area contributed by atoms with Crippen LogP contribution in [0.3, 0.4) is 0 Å². The van der Waals surface area contributed by atoms with Gasteiger partial charge in [-0.1, -0.05) is 36.4 Å². The summed E-state index contributed by atoms with van der Waals surface area (Å²) in [6, 6.07) is 22.6. The van der Waals surface area contributed by atoms with Crippen molar-refractivity contribution in [2.24, 2.45) is 0 Å². The minimum atomic E-state index is -0.287. The molecule has 7 heteroatoms. The van der Waals surface area contributed by atoms with Crippen LogP contribution in [-0.4, -0.2) is 36.3 Å². The molecular formula is C28H31N3O4. The highest BCUT2D eigenvalue weighted by Gasteiger charge is 2.20. The molecule has 35 heavy (non-hydrogen) atoms. The van der Waals surface area contributed by atoms with E-state index >= 15 is 0 Å². The Labute approximate surface area is 205 Å². The summed E-state index contributed by atoms with van der Waals surface area (Å²) in [5, 5.41) is 3.08. The molecule has 0 saturated heterocycles. The van der Waals surface area contributed by atoms with Crippen LogP contribution in [0.25, 0.3) is 11.0 Å². The summed E-state index contributed by atoms with van der Waals surface area (Å²) in [5.74, 6) is 2.64. The van der Waals surface area contributed by atoms with Gasteiger partial charge in [0.25, 0.3) is 5.91 Å². The third-order valence-corrected chi connectivity index (χ3v) is 5.87. The molecule has 0 spiro atoms. The molecule has 0 fully saturated rings. The maximum absolute atomic E-state index is 13.0. The van der Waals surface area contributed by atoms with Gasteiger partial charge in [0, 0.05) is 6.54 Å². The number of carbonyl (C=O) groups excluding carboxylic acids is 1. The van der Waals surface area contributed by atoms with Crippen LogP contribution in [0.5, 0.6) is 17.2 Å². The van der Waals surface area contributed by atoms with E-state index in [9.17, 15) is 4.79 Å². The van der Waals surface area contributed by atoms with Crippen molar-refractivity contribution in [2.75, 3.05) is 20.8 Å². The molecule has 0 aliphatic carbocycles. The molecule has 1 heterocycles. The number of methoxy groups -OCH3 is 2. The number of para-hydroxylation sites is 5. The summed E-state index contributed by atoms with van der Waals surface area (Å²) in [7, 11) is 3.20. The molecular weight excluding hydrogens is 442 g/mol. The molecule has 1 N–H and O–H groups in total. The maximum Gasteiger partial charge on any atom is 0.255 e. The average Bonchev–Trinajstić information content (AvgIpc) is 3.27. The quantitative estimate of drug-likeness (QED) is 0.295. The molecule has 0 saturated carbocycles. The molecule has 0 aliphatic rings. The first-order chi connectivity index (χ1) is 17.1. The Morgan fingerprint density at radius 3 is 2.31 bits per heavy atom. The molecule has 0 aliphatic heterocycles. The third kappa shape index (κ3) is 5.57. The Bertz CT molecular complexity index is 1280. The van der Waals surface area contributed by atoms with E-state index in [2.05, 4.69) is 16.0 Å². The summed E-state index contributed by atoms with van der Waals surface area (Å²) < 4.78 is 18.8. The topological polar surface area (TPSA) is 74.6 Å². The second kappa shape index (κ2) is 11.4. The van der Waals surface area contributed by atoms with Crippen LogP contribution in [0, 0.1) is 0 Å². The first-order valence-corrected chi connectivity index (χ1v) is 11.8. The number of aryl methyl sites for hydroxylation is 1. The predicted octanol–water partition coefficient (Wildman–Crippen LogP) is 5.40. The van der Waals surface area contributed by atoms with Gasteiger partial charge < -0.3 is 24.1 Å². The number of ether oxygens (including phenoxy) is 3. The van der Waals surface area contributed by atoms with Gasteiger partial charge in [0.15, 0.2) is 11.5 Å². The van der Waals surface area contributed by atoms with Crippen LogP contribution in [0.4, 0.5) is 0 Å². The number of amides is 1. The van der Waals surface area contributed by atoms with Crippen molar-refractivity contribution in [1.82, 2.24) is 14.9 Å². The van der Waals surface area contributed by atoms with Crippen LogP contribution >= 0.6 is 0 Å². The van der Waals surface area contributed by atoms with E-state index in [1.807, 2.05) is 61.5 Å². The van der Waals surface area contributed by atoms with E-state index in [4.69, 9.17) is 19.2 Å². The first kappa shape index (κ1) is 24.1. The highest BCUT2D eigenvalue weighted by atomic mass is 16.5. The first-order valence-electron chi connectivity index (χ1n) is 11.8. The van der Waals surface area contributed by atoms with Gasteiger partial charge in [-0.2, -0.15) is 0 Å². The number of unbranched alkanes of at least 4 members (excludes halogenated alkanes) is 1. The van der Waals surface area contributed by atoms with Gasteiger partial charge >= 0.3 is 0 Å². The number of hydrogen-bond acceptors (Lipinski definition) is 5. The van der Waals surface area contributed by atoms with Crippen LogP contribution < -0.4 is 19.5 Å². The average molecular weight is 474 g/mol. The van der Waals surface area contributed by atoms with Crippen LogP contribution in [0.1, 0.15) is 42.0 Å². The Morgan fingerprint density at radius 2 is 1.54 bits per heavy atom. The molecule has 0 bridgehead atoms. The minimum absolute atomic E-state index is 0.196. The second-order valence-electron chi connectivity index (χ2n) is 8.21. The van der Waals surface area contributed by atoms with E-state index < -0.39 is 0 Å². The van der Waals surface area contributed by atoms with E-state index in [0.717, 1.165) is 47.7 Å². The fraction of sp³-hybridized carbons (Fsp3) is 0.286. The lowest BCUT2D eigenvalue weighted by molar-refractivity contribution is 0.0934. The van der Waals surface area contributed by atoms with Crippen molar-refractivity contribution >= 4 is 16.9 Å². The molecule has 7 nitrogen and oxygen atoms in total.